The van der Waals surface area contributed by atoms with Crippen LogP contribution in [0.5, 0.6) is 0 Å². The lowest BCUT2D eigenvalue weighted by molar-refractivity contribution is 2.20. The zero-order valence-electron chi connectivity index (χ0n) is 4.42. The van der Waals surface area contributed by atoms with Crippen LogP contribution in [0.2, 0.25) is 6.55 Å². The molecule has 0 aromatic rings. The first kappa shape index (κ1) is 11.1. The highest BCUT2D eigenvalue weighted by atomic mass is 35.7. The van der Waals surface area contributed by atoms with Crippen molar-refractivity contribution in [3.63, 3.8) is 0 Å². The fourth-order valence-electron chi connectivity index (χ4n) is 0. The molecule has 46 valence electrons. The predicted octanol–water partition coefficient (Wildman–Crippen LogP) is 0.862. The van der Waals surface area contributed by atoms with Gasteiger partial charge in [-0.3, -0.25) is 0 Å². The van der Waals surface area contributed by atoms with E-state index >= 15 is 0 Å². The lowest BCUT2D eigenvalue weighted by Crippen LogP contribution is -1.72. The van der Waals surface area contributed by atoms with E-state index in [1.165, 1.54) is 0 Å². The summed E-state index contributed by atoms with van der Waals surface area (Å²) < 4.78 is 0. The van der Waals surface area contributed by atoms with Crippen LogP contribution in [0, 0.1) is 0 Å². The van der Waals surface area contributed by atoms with Gasteiger partial charge in [-0.2, -0.15) is 22.2 Å². The molecule has 0 radical (unpaired) electrons. The molecule has 0 fully saturated rings. The second-order valence-corrected chi connectivity index (χ2v) is 8.56. The minimum Gasteiger partial charge on any atom is -0.151 e. The molecule has 0 atom stereocenters. The highest BCUT2D eigenvalue weighted by molar-refractivity contribution is 7.33. The molecule has 0 spiro atoms. The van der Waals surface area contributed by atoms with E-state index in [1.807, 2.05) is 6.55 Å². The van der Waals surface area contributed by atoms with Crippen LogP contribution in [0.3, 0.4) is 0 Å². The Labute approximate surface area is 63.6 Å². The summed E-state index contributed by atoms with van der Waals surface area (Å²) in [6.07, 6.45) is 0. The van der Waals surface area contributed by atoms with E-state index < -0.39 is 7.42 Å². The Morgan fingerprint density at radius 2 is 1.57 bits per heavy atom. The molecule has 0 aliphatic rings. The molecule has 0 aliphatic carbocycles. The second kappa shape index (κ2) is 10.3. The quantitative estimate of drug-likeness (QED) is 0.306. The van der Waals surface area contributed by atoms with Crippen LogP contribution in [0.1, 0.15) is 0 Å². The van der Waals surface area contributed by atoms with Gasteiger partial charge in [0.25, 0.3) is 0 Å². The first-order chi connectivity index (χ1) is 3.15. The van der Waals surface area contributed by atoms with Crippen molar-refractivity contribution in [3.8, 4) is 0 Å². The van der Waals surface area contributed by atoms with Crippen molar-refractivity contribution in [1.29, 1.82) is 0 Å². The molecule has 0 nitrogen and oxygen atoms in total. The molecule has 5 heteroatoms. The molecule has 0 unspecified atom stereocenters. The predicted molar refractivity (Wildman–Crippen MR) is 45.4 cm³/mol. The molecular formula is C2H9Cl3Si2. The van der Waals surface area contributed by atoms with Crippen molar-refractivity contribution in [3.05, 3.63) is 0 Å². The van der Waals surface area contributed by atoms with Gasteiger partial charge < -0.3 is 0 Å². The monoisotopic (exact) mass is 194 g/mol. The van der Waals surface area contributed by atoms with Gasteiger partial charge in [0, 0.05) is 15.7 Å². The van der Waals surface area contributed by atoms with Gasteiger partial charge in [0.05, 0.1) is 0 Å². The number of hydrogen-bond donors (Lipinski definition) is 0. The summed E-state index contributed by atoms with van der Waals surface area (Å²) >= 11 is 15.4. The summed E-state index contributed by atoms with van der Waals surface area (Å²) in [7, 11) is -0.0602. The van der Waals surface area contributed by atoms with Crippen molar-refractivity contribution in [2.45, 2.75) is 6.55 Å². The maximum absolute atomic E-state index is 5.18. The molecule has 0 saturated carbocycles. The van der Waals surface area contributed by atoms with Crippen LogP contribution >= 0.6 is 33.8 Å². The standard InChI is InChI=1S/CH4Cl2Si.CH5ClSi/c1-4(2)3;2-1-3/h4H,1H3;1H2,3H3. The fourth-order valence-corrected chi connectivity index (χ4v) is 0. The average molecular weight is 196 g/mol. The van der Waals surface area contributed by atoms with E-state index in [1.54, 1.807) is 0 Å². The molecule has 7 heavy (non-hydrogen) atoms. The molecule has 0 saturated heterocycles. The van der Waals surface area contributed by atoms with Gasteiger partial charge in [-0.05, 0) is 6.55 Å². The van der Waals surface area contributed by atoms with E-state index in [-0.39, 0.29) is 0 Å². The van der Waals surface area contributed by atoms with Gasteiger partial charge in [-0.1, -0.05) is 0 Å². The summed E-state index contributed by atoms with van der Waals surface area (Å²) in [6.45, 7) is 1.84. The summed E-state index contributed by atoms with van der Waals surface area (Å²) in [6, 6.07) is 0. The van der Waals surface area contributed by atoms with Gasteiger partial charge in [0.1, 0.15) is 0 Å². The van der Waals surface area contributed by atoms with E-state index in [2.05, 4.69) is 0 Å². The van der Waals surface area contributed by atoms with E-state index in [4.69, 9.17) is 33.8 Å². The maximum atomic E-state index is 5.18. The highest BCUT2D eigenvalue weighted by Crippen LogP contribution is 1.89. The number of rotatable bonds is 0. The third kappa shape index (κ3) is 121. The SMILES string of the molecule is C[SiH](Cl)Cl.[SiH3]CCl. The Balaban J connectivity index is 0. The van der Waals surface area contributed by atoms with E-state index in [0.29, 0.717) is 0 Å². The van der Waals surface area contributed by atoms with Crippen LogP contribution < -0.4 is 0 Å². The normalized spacial score (nSPS) is 8.14. The van der Waals surface area contributed by atoms with Crippen LogP contribution in [-0.4, -0.2) is 23.2 Å². The molecule has 0 aliphatic heterocycles. The van der Waals surface area contributed by atoms with Crippen molar-refractivity contribution in [2.24, 2.45) is 0 Å². The summed E-state index contributed by atoms with van der Waals surface area (Å²) in [4.78, 5) is 0. The average Bonchev–Trinajstić information content (AvgIpc) is 1.33. The number of hydrogen-bond acceptors (Lipinski definition) is 0. The molecular weight excluding hydrogens is 187 g/mol. The Morgan fingerprint density at radius 1 is 1.57 bits per heavy atom. The summed E-state index contributed by atoms with van der Waals surface area (Å²) in [5.41, 5.74) is 0.861. The van der Waals surface area contributed by atoms with Crippen LogP contribution in [0.4, 0.5) is 0 Å². The molecule has 0 amide bonds. The van der Waals surface area contributed by atoms with Gasteiger partial charge in [0.2, 0.25) is 7.42 Å². The van der Waals surface area contributed by atoms with Crippen molar-refractivity contribution >= 4 is 51.4 Å². The minimum absolute atomic E-state index is 0.861. The van der Waals surface area contributed by atoms with Crippen LogP contribution in [0.25, 0.3) is 0 Å². The zero-order valence-corrected chi connectivity index (χ0v) is 9.84. The highest BCUT2D eigenvalue weighted by Gasteiger charge is 1.80. The topological polar surface area (TPSA) is 0 Å². The molecule has 0 rings (SSSR count). The van der Waals surface area contributed by atoms with Gasteiger partial charge in [-0.15, -0.1) is 11.6 Å². The third-order valence-corrected chi connectivity index (χ3v) is 0. The zero-order chi connectivity index (χ0) is 6.28. The van der Waals surface area contributed by atoms with Crippen molar-refractivity contribution in [2.75, 3.05) is 5.50 Å². The summed E-state index contributed by atoms with van der Waals surface area (Å²) in [5.74, 6) is 0. The largest absolute Gasteiger partial charge is 0.234 e. The van der Waals surface area contributed by atoms with Crippen LogP contribution in [0.15, 0.2) is 0 Å². The Kier molecular flexibility index (Phi) is 16.4. The minimum atomic E-state index is -1.19. The maximum Gasteiger partial charge on any atom is 0.234 e. The Morgan fingerprint density at radius 3 is 1.57 bits per heavy atom. The smallest absolute Gasteiger partial charge is 0.151 e. The molecule has 0 aromatic heterocycles. The Hall–Kier alpha value is 1.30. The van der Waals surface area contributed by atoms with Crippen molar-refractivity contribution in [1.82, 2.24) is 0 Å². The second-order valence-electron chi connectivity index (χ2n) is 0.786. The summed E-state index contributed by atoms with van der Waals surface area (Å²) in [5, 5.41) is 0. The molecule has 0 bridgehead atoms. The fraction of sp³-hybridized carbons (Fsp3) is 1.00. The van der Waals surface area contributed by atoms with E-state index in [0.717, 1.165) is 15.7 Å². The lowest BCUT2D eigenvalue weighted by Gasteiger charge is -1.68. The lowest BCUT2D eigenvalue weighted by atomic mass is 11.9. The van der Waals surface area contributed by atoms with Crippen LogP contribution in [-0.2, 0) is 0 Å². The Bertz CT molecular complexity index is 22.1. The first-order valence-electron chi connectivity index (χ1n) is 1.99. The van der Waals surface area contributed by atoms with Gasteiger partial charge in [0.15, 0.2) is 0 Å². The third-order valence-electron chi connectivity index (χ3n) is 0. The number of halogens is 3. The molecule has 0 N–H and O–H groups in total. The van der Waals surface area contributed by atoms with Gasteiger partial charge >= 0.3 is 0 Å². The van der Waals surface area contributed by atoms with Crippen molar-refractivity contribution < 1.29 is 0 Å². The van der Waals surface area contributed by atoms with E-state index in [9.17, 15) is 0 Å². The van der Waals surface area contributed by atoms with Gasteiger partial charge in [-0.25, -0.2) is 0 Å². The number of alkyl halides is 1. The molecule has 0 heterocycles. The first-order valence-corrected chi connectivity index (χ1v) is 8.58. The molecule has 0 aromatic carbocycles.